The van der Waals surface area contributed by atoms with E-state index in [2.05, 4.69) is 36.3 Å². The van der Waals surface area contributed by atoms with Crippen molar-refractivity contribution in [1.29, 1.82) is 0 Å². The highest BCUT2D eigenvalue weighted by Gasteiger charge is 2.15. The van der Waals surface area contributed by atoms with Crippen LogP contribution in [0.15, 0.2) is 48.5 Å². The quantitative estimate of drug-likeness (QED) is 0.827. The molecule has 0 radical (unpaired) electrons. The predicted octanol–water partition coefficient (Wildman–Crippen LogP) is 3.95. The van der Waals surface area contributed by atoms with Crippen LogP contribution in [0.3, 0.4) is 0 Å². The monoisotopic (exact) mass is 379 g/mol. The van der Waals surface area contributed by atoms with Crippen LogP contribution in [0.25, 0.3) is 0 Å². The lowest BCUT2D eigenvalue weighted by Gasteiger charge is -2.19. The molecular weight excluding hydrogens is 350 g/mol. The van der Waals surface area contributed by atoms with E-state index in [0.717, 1.165) is 18.8 Å². The van der Waals surface area contributed by atoms with Crippen molar-refractivity contribution in [3.63, 3.8) is 0 Å². The average Bonchev–Trinajstić information content (AvgIpc) is 3.21. The molecule has 0 bridgehead atoms. The largest absolute Gasteiger partial charge is 0.372 e. The Kier molecular flexibility index (Phi) is 6.02. The lowest BCUT2D eigenvalue weighted by molar-refractivity contribution is -0.115. The SMILES string of the molecule is CC(C)(C)c1ccc(C(=O)NCC(=O)Nc2ccc(N3CCCC3)cc2)cc1. The third-order valence-electron chi connectivity index (χ3n) is 5.04. The van der Waals surface area contributed by atoms with Gasteiger partial charge in [0.2, 0.25) is 5.91 Å². The van der Waals surface area contributed by atoms with Gasteiger partial charge < -0.3 is 15.5 Å². The zero-order chi connectivity index (χ0) is 20.1. The third kappa shape index (κ3) is 5.12. The molecule has 0 aliphatic carbocycles. The van der Waals surface area contributed by atoms with E-state index in [1.54, 1.807) is 12.1 Å². The minimum Gasteiger partial charge on any atom is -0.372 e. The molecule has 148 valence electrons. The summed E-state index contributed by atoms with van der Waals surface area (Å²) in [6.45, 7) is 8.51. The first kappa shape index (κ1) is 19.9. The average molecular weight is 380 g/mol. The second kappa shape index (κ2) is 8.46. The van der Waals surface area contributed by atoms with Crippen molar-refractivity contribution >= 4 is 23.2 Å². The van der Waals surface area contributed by atoms with Crippen LogP contribution in [0, 0.1) is 0 Å². The van der Waals surface area contributed by atoms with Gasteiger partial charge in [-0.1, -0.05) is 32.9 Å². The minimum atomic E-state index is -0.250. The maximum atomic E-state index is 12.3. The fourth-order valence-corrected chi connectivity index (χ4v) is 3.32. The molecule has 2 aromatic carbocycles. The molecule has 2 aromatic rings. The van der Waals surface area contributed by atoms with Gasteiger partial charge in [-0.2, -0.15) is 0 Å². The lowest BCUT2D eigenvalue weighted by atomic mass is 9.87. The molecule has 5 nitrogen and oxygen atoms in total. The summed E-state index contributed by atoms with van der Waals surface area (Å²) < 4.78 is 0. The van der Waals surface area contributed by atoms with Crippen molar-refractivity contribution in [1.82, 2.24) is 5.32 Å². The Hall–Kier alpha value is -2.82. The molecule has 1 aliphatic heterocycles. The molecule has 0 atom stereocenters. The summed E-state index contributed by atoms with van der Waals surface area (Å²) in [6.07, 6.45) is 2.47. The molecule has 2 amide bonds. The molecule has 1 heterocycles. The number of nitrogens with one attached hydrogen (secondary N) is 2. The summed E-state index contributed by atoms with van der Waals surface area (Å²) in [4.78, 5) is 26.7. The Morgan fingerprint density at radius 2 is 1.54 bits per heavy atom. The molecule has 3 rings (SSSR count). The van der Waals surface area contributed by atoms with Gasteiger partial charge in [0.1, 0.15) is 0 Å². The van der Waals surface area contributed by atoms with Gasteiger partial charge in [-0.05, 0) is 60.2 Å². The molecular formula is C23H29N3O2. The van der Waals surface area contributed by atoms with E-state index >= 15 is 0 Å². The third-order valence-corrected chi connectivity index (χ3v) is 5.04. The van der Waals surface area contributed by atoms with Gasteiger partial charge in [-0.3, -0.25) is 9.59 Å². The van der Waals surface area contributed by atoms with Crippen molar-refractivity contribution in [3.8, 4) is 0 Å². The van der Waals surface area contributed by atoms with Gasteiger partial charge in [-0.25, -0.2) is 0 Å². The maximum Gasteiger partial charge on any atom is 0.251 e. The standard InChI is InChI=1S/C23H29N3O2/c1-23(2,3)18-8-6-17(7-9-18)22(28)24-16-21(27)25-19-10-12-20(13-11-19)26-14-4-5-15-26/h6-13H,4-5,14-16H2,1-3H3,(H,24,28)(H,25,27). The second-order valence-electron chi connectivity index (χ2n) is 8.30. The van der Waals surface area contributed by atoms with Crippen LogP contribution in [-0.2, 0) is 10.2 Å². The molecule has 0 unspecified atom stereocenters. The van der Waals surface area contributed by atoms with Crippen LogP contribution in [0.1, 0.15) is 49.5 Å². The van der Waals surface area contributed by atoms with E-state index in [-0.39, 0.29) is 23.8 Å². The number of amides is 2. The van der Waals surface area contributed by atoms with Crippen LogP contribution in [0.5, 0.6) is 0 Å². The van der Waals surface area contributed by atoms with Gasteiger partial charge >= 0.3 is 0 Å². The van der Waals surface area contributed by atoms with Crippen molar-refractivity contribution in [2.45, 2.75) is 39.0 Å². The number of hydrogen-bond acceptors (Lipinski definition) is 3. The molecule has 5 heteroatoms. The molecule has 0 spiro atoms. The summed E-state index contributed by atoms with van der Waals surface area (Å²) in [5.41, 5.74) is 3.67. The molecule has 28 heavy (non-hydrogen) atoms. The van der Waals surface area contributed by atoms with Gasteiger partial charge in [0.15, 0.2) is 0 Å². The topological polar surface area (TPSA) is 61.4 Å². The first-order chi connectivity index (χ1) is 13.3. The van der Waals surface area contributed by atoms with E-state index in [4.69, 9.17) is 0 Å². The summed E-state index contributed by atoms with van der Waals surface area (Å²) in [5, 5.41) is 5.50. The van der Waals surface area contributed by atoms with Gasteiger partial charge in [0.05, 0.1) is 6.54 Å². The van der Waals surface area contributed by atoms with E-state index < -0.39 is 0 Å². The van der Waals surface area contributed by atoms with Crippen LogP contribution in [-0.4, -0.2) is 31.4 Å². The second-order valence-corrected chi connectivity index (χ2v) is 8.30. The van der Waals surface area contributed by atoms with Crippen molar-refractivity contribution in [3.05, 3.63) is 59.7 Å². The highest BCUT2D eigenvalue weighted by molar-refractivity contribution is 5.99. The molecule has 0 aromatic heterocycles. The molecule has 1 saturated heterocycles. The molecule has 0 saturated carbocycles. The molecule has 1 fully saturated rings. The molecule has 2 N–H and O–H groups in total. The Balaban J connectivity index is 1.49. The predicted molar refractivity (Wildman–Crippen MR) is 114 cm³/mol. The summed E-state index contributed by atoms with van der Waals surface area (Å²) in [6, 6.07) is 15.4. The Labute approximate surface area is 167 Å². The normalized spacial score (nSPS) is 14.0. The highest BCUT2D eigenvalue weighted by atomic mass is 16.2. The van der Waals surface area contributed by atoms with Gasteiger partial charge in [-0.15, -0.1) is 0 Å². The minimum absolute atomic E-state index is 0.0409. The number of carbonyl (C=O) groups is 2. The van der Waals surface area contributed by atoms with Crippen LogP contribution < -0.4 is 15.5 Å². The van der Waals surface area contributed by atoms with Crippen molar-refractivity contribution in [2.75, 3.05) is 29.9 Å². The number of benzene rings is 2. The number of anilines is 2. The van der Waals surface area contributed by atoms with Crippen molar-refractivity contribution < 1.29 is 9.59 Å². The Morgan fingerprint density at radius 1 is 0.929 bits per heavy atom. The van der Waals surface area contributed by atoms with Crippen LogP contribution >= 0.6 is 0 Å². The maximum absolute atomic E-state index is 12.3. The molecule has 1 aliphatic rings. The first-order valence-electron chi connectivity index (χ1n) is 9.86. The van der Waals surface area contributed by atoms with Gasteiger partial charge in [0, 0.05) is 30.0 Å². The fraction of sp³-hybridized carbons (Fsp3) is 0.391. The number of hydrogen-bond donors (Lipinski definition) is 2. The highest BCUT2D eigenvalue weighted by Crippen LogP contribution is 2.23. The zero-order valence-corrected chi connectivity index (χ0v) is 16.9. The smallest absolute Gasteiger partial charge is 0.251 e. The van der Waals surface area contributed by atoms with Crippen molar-refractivity contribution in [2.24, 2.45) is 0 Å². The van der Waals surface area contributed by atoms with Crippen LogP contribution in [0.4, 0.5) is 11.4 Å². The lowest BCUT2D eigenvalue weighted by Crippen LogP contribution is -2.32. The van der Waals surface area contributed by atoms with E-state index in [1.807, 2.05) is 36.4 Å². The van der Waals surface area contributed by atoms with E-state index in [9.17, 15) is 9.59 Å². The summed E-state index contributed by atoms with van der Waals surface area (Å²) in [5.74, 6) is -0.492. The van der Waals surface area contributed by atoms with E-state index in [0.29, 0.717) is 5.56 Å². The first-order valence-corrected chi connectivity index (χ1v) is 9.86. The summed E-state index contributed by atoms with van der Waals surface area (Å²) >= 11 is 0. The fourth-order valence-electron chi connectivity index (χ4n) is 3.32. The number of carbonyl (C=O) groups excluding carboxylic acids is 2. The number of rotatable bonds is 5. The zero-order valence-electron chi connectivity index (χ0n) is 16.9. The van der Waals surface area contributed by atoms with Crippen LogP contribution in [0.2, 0.25) is 0 Å². The Morgan fingerprint density at radius 3 is 2.11 bits per heavy atom. The summed E-state index contributed by atoms with van der Waals surface area (Å²) in [7, 11) is 0. The Bertz CT molecular complexity index is 814. The van der Waals surface area contributed by atoms with E-state index in [1.165, 1.54) is 24.1 Å². The van der Waals surface area contributed by atoms with Gasteiger partial charge in [0.25, 0.3) is 5.91 Å². The number of nitrogens with zero attached hydrogens (tertiary/aromatic N) is 1.